The molecule has 16 nitrogen and oxygen atoms in total. The lowest BCUT2D eigenvalue weighted by molar-refractivity contribution is -0.379. The van der Waals surface area contributed by atoms with Crippen LogP contribution in [0, 0.1) is 0 Å². The number of benzene rings is 10. The maximum Gasteiger partial charge on any atom is 0.410 e. The van der Waals surface area contributed by atoms with E-state index < -0.39 is 91.8 Å². The Bertz CT molecular complexity index is 4060. The quantitative estimate of drug-likeness (QED) is 0.0366. The Balaban J connectivity index is 0.929. The molecule has 105 heavy (non-hydrogen) atoms. The SMILES string of the molecule is C[C@H]1O[C@@H](O[C@H]2[C@H](OCc3ccccc3)[C@@H](OCc3ccccc3)[C@@H](OC3C(OCc4ccccc4)C(COCc4ccccc4)N(C(=O)OCc4ccccc4)C3COCc3ccccc3)O[C@@H]2COCc2ccccc2)[C@H](OCc2ccccc2)[C@@H](OCc2ccccc2)[C@@H]1OCc1ccccc1. The van der Waals surface area contributed by atoms with Gasteiger partial charge in [-0.25, -0.2) is 4.79 Å². The highest BCUT2D eigenvalue weighted by Gasteiger charge is 2.59. The van der Waals surface area contributed by atoms with Crippen LogP contribution in [0.2, 0.25) is 0 Å². The van der Waals surface area contributed by atoms with Crippen molar-refractivity contribution in [2.75, 3.05) is 19.8 Å². The Morgan fingerprint density at radius 3 is 0.886 bits per heavy atom. The Morgan fingerprint density at radius 2 is 0.533 bits per heavy atom. The van der Waals surface area contributed by atoms with Gasteiger partial charge >= 0.3 is 6.09 Å². The van der Waals surface area contributed by atoms with Crippen LogP contribution in [0.15, 0.2) is 303 Å². The minimum absolute atomic E-state index is 0.0110. The van der Waals surface area contributed by atoms with Crippen LogP contribution >= 0.6 is 0 Å². The summed E-state index contributed by atoms with van der Waals surface area (Å²) in [5.74, 6) is 0. The molecule has 10 aromatic carbocycles. The highest BCUT2D eigenvalue weighted by atomic mass is 16.8. The molecule has 3 aliphatic heterocycles. The van der Waals surface area contributed by atoms with Gasteiger partial charge in [0.2, 0.25) is 0 Å². The highest BCUT2D eigenvalue weighted by molar-refractivity contribution is 5.69. The number of hydrogen-bond acceptors (Lipinski definition) is 15. The molecule has 0 saturated carbocycles. The van der Waals surface area contributed by atoms with Gasteiger partial charge in [-0.1, -0.05) is 303 Å². The number of amides is 1. The molecule has 14 atom stereocenters. The van der Waals surface area contributed by atoms with Crippen LogP contribution in [0.4, 0.5) is 4.79 Å². The first-order chi connectivity index (χ1) is 51.9. The van der Waals surface area contributed by atoms with Crippen molar-refractivity contribution >= 4 is 6.09 Å². The molecule has 0 aliphatic carbocycles. The summed E-state index contributed by atoms with van der Waals surface area (Å²) in [7, 11) is 0. The van der Waals surface area contributed by atoms with Crippen LogP contribution in [-0.4, -0.2) is 117 Å². The first kappa shape index (κ1) is 74.2. The summed E-state index contributed by atoms with van der Waals surface area (Å²) in [6.45, 7) is 3.63. The minimum atomic E-state index is -1.32. The summed E-state index contributed by atoms with van der Waals surface area (Å²) in [4.78, 5) is 17.3. The molecule has 1 amide bonds. The van der Waals surface area contributed by atoms with Gasteiger partial charge in [0.05, 0.1) is 97.5 Å². The van der Waals surface area contributed by atoms with Crippen molar-refractivity contribution in [2.24, 2.45) is 0 Å². The number of carbonyl (C=O) groups is 1. The average molecular weight is 1420 g/mol. The predicted molar refractivity (Wildman–Crippen MR) is 397 cm³/mol. The van der Waals surface area contributed by atoms with E-state index in [1.807, 2.05) is 310 Å². The molecule has 3 saturated heterocycles. The summed E-state index contributed by atoms with van der Waals surface area (Å²) in [5, 5.41) is 0. The zero-order valence-electron chi connectivity index (χ0n) is 59.2. The van der Waals surface area contributed by atoms with Gasteiger partial charge in [-0.05, 0) is 62.6 Å². The standard InChI is InChI=1S/C89H93NO15/c1-65-79(95-55-69-38-18-5-19-39-69)83(97-57-71-42-22-7-23-43-71)85(99-59-73-46-26-9-27-47-73)87(102-65)105-82-78(64-94-54-68-36-16-4-17-37-68)103-88(86(100-60-74-48-28-10-29-49-74)84(82)98-58-72-44-24-8-25-45-72)104-81-77(63-93-53-67-34-14-3-15-35-67)90(89(91)101-61-75-50-30-11-31-51-75)76(62-92-52-66-32-12-2-13-33-66)80(81)96-56-70-40-20-6-21-41-70/h2-51,65,76-88H,52-64H2,1H3/t65-,76?,77?,78-,79-,80?,81?,82-,83+,84+,85-,86-,87+,88-/m1/s1. The summed E-state index contributed by atoms with van der Waals surface area (Å²) in [5.41, 5.74) is 9.19. The third-order valence-electron chi connectivity index (χ3n) is 19.0. The molecule has 10 aromatic rings. The van der Waals surface area contributed by atoms with E-state index in [-0.39, 0.29) is 85.9 Å². The number of carbonyl (C=O) groups excluding carboxylic acids is 1. The Morgan fingerprint density at radius 1 is 0.276 bits per heavy atom. The van der Waals surface area contributed by atoms with E-state index in [4.69, 9.17) is 66.3 Å². The van der Waals surface area contributed by atoms with Crippen molar-refractivity contribution in [1.82, 2.24) is 4.90 Å². The molecular formula is C89H93NO15. The predicted octanol–water partition coefficient (Wildman–Crippen LogP) is 15.8. The summed E-state index contributed by atoms with van der Waals surface area (Å²) < 4.78 is 101. The lowest BCUT2D eigenvalue weighted by atomic mass is 9.95. The average Bonchev–Trinajstić information content (AvgIpc) is 1.70. The van der Waals surface area contributed by atoms with Gasteiger partial charge in [-0.3, -0.25) is 4.90 Å². The van der Waals surface area contributed by atoms with Crippen molar-refractivity contribution in [3.8, 4) is 0 Å². The fourth-order valence-corrected chi connectivity index (χ4v) is 13.6. The molecule has 0 aromatic heterocycles. The van der Waals surface area contributed by atoms with E-state index >= 15 is 4.79 Å². The third-order valence-corrected chi connectivity index (χ3v) is 19.0. The zero-order chi connectivity index (χ0) is 71.5. The van der Waals surface area contributed by atoms with E-state index in [2.05, 4.69) is 0 Å². The zero-order valence-corrected chi connectivity index (χ0v) is 59.2. The summed E-state index contributed by atoms with van der Waals surface area (Å²) in [6.07, 6.45) is -12.3. The molecule has 3 aliphatic rings. The first-order valence-corrected chi connectivity index (χ1v) is 36.3. The second kappa shape index (κ2) is 39.3. The number of nitrogens with zero attached hydrogens (tertiary/aromatic N) is 1. The van der Waals surface area contributed by atoms with Crippen LogP contribution < -0.4 is 0 Å². The van der Waals surface area contributed by atoms with Crippen LogP contribution in [0.3, 0.4) is 0 Å². The maximum absolute atomic E-state index is 15.6. The van der Waals surface area contributed by atoms with E-state index in [1.165, 1.54) is 0 Å². The molecule has 0 bridgehead atoms. The van der Waals surface area contributed by atoms with E-state index in [9.17, 15) is 0 Å². The van der Waals surface area contributed by atoms with Gasteiger partial charge in [0.25, 0.3) is 0 Å². The molecule has 3 fully saturated rings. The monoisotopic (exact) mass is 1420 g/mol. The molecule has 0 spiro atoms. The van der Waals surface area contributed by atoms with Crippen molar-refractivity contribution in [3.63, 3.8) is 0 Å². The normalized spacial score (nSPS) is 23.8. The molecule has 544 valence electrons. The van der Waals surface area contributed by atoms with Gasteiger partial charge in [0.15, 0.2) is 12.6 Å². The second-order valence-corrected chi connectivity index (χ2v) is 26.6. The lowest BCUT2D eigenvalue weighted by Crippen LogP contribution is -2.66. The summed E-state index contributed by atoms with van der Waals surface area (Å²) >= 11 is 0. The van der Waals surface area contributed by atoms with Gasteiger partial charge in [0, 0.05) is 0 Å². The van der Waals surface area contributed by atoms with Crippen LogP contribution in [0.1, 0.15) is 62.6 Å². The number of ether oxygens (including phenoxy) is 14. The van der Waals surface area contributed by atoms with E-state index in [0.717, 1.165) is 55.6 Å². The fourth-order valence-electron chi connectivity index (χ4n) is 13.6. The van der Waals surface area contributed by atoms with Crippen molar-refractivity contribution in [3.05, 3.63) is 359 Å². The second-order valence-electron chi connectivity index (χ2n) is 26.6. The highest BCUT2D eigenvalue weighted by Crippen LogP contribution is 2.41. The lowest BCUT2D eigenvalue weighted by Gasteiger charge is -2.50. The van der Waals surface area contributed by atoms with Crippen LogP contribution in [0.5, 0.6) is 0 Å². The van der Waals surface area contributed by atoms with Crippen molar-refractivity contribution < 1.29 is 71.1 Å². The Hall–Kier alpha value is -9.05. The first-order valence-electron chi connectivity index (χ1n) is 36.3. The molecule has 0 N–H and O–H groups in total. The largest absolute Gasteiger partial charge is 0.445 e. The smallest absolute Gasteiger partial charge is 0.410 e. The Labute approximate surface area is 616 Å². The van der Waals surface area contributed by atoms with Crippen molar-refractivity contribution in [1.29, 1.82) is 0 Å². The van der Waals surface area contributed by atoms with Gasteiger partial charge in [-0.15, -0.1) is 0 Å². The number of rotatable bonds is 36. The number of likely N-dealkylation sites (tertiary alicyclic amines) is 1. The molecule has 3 heterocycles. The van der Waals surface area contributed by atoms with Crippen molar-refractivity contribution in [2.45, 2.75) is 159 Å². The minimum Gasteiger partial charge on any atom is -0.445 e. The molecular weight excluding hydrogens is 1320 g/mol. The third kappa shape index (κ3) is 21.4. The van der Waals surface area contributed by atoms with Gasteiger partial charge in [-0.2, -0.15) is 0 Å². The van der Waals surface area contributed by atoms with Gasteiger partial charge in [0.1, 0.15) is 61.5 Å². The topological polar surface area (TPSA) is 150 Å². The molecule has 13 rings (SSSR count). The van der Waals surface area contributed by atoms with E-state index in [1.54, 1.807) is 4.90 Å². The summed E-state index contributed by atoms with van der Waals surface area (Å²) in [6, 6.07) is 97.7. The Kier molecular flexibility index (Phi) is 27.8. The molecule has 0 radical (unpaired) electrons. The fraction of sp³-hybridized carbons (Fsp3) is 0.315. The molecule has 4 unspecified atom stereocenters. The van der Waals surface area contributed by atoms with Crippen LogP contribution in [-0.2, 0) is 132 Å². The number of hydrogen-bond donors (Lipinski definition) is 0. The van der Waals surface area contributed by atoms with Crippen LogP contribution in [0.25, 0.3) is 0 Å². The van der Waals surface area contributed by atoms with Gasteiger partial charge < -0.3 is 66.3 Å². The maximum atomic E-state index is 15.6. The molecule has 16 heteroatoms. The van der Waals surface area contributed by atoms with E-state index in [0.29, 0.717) is 0 Å².